The van der Waals surface area contributed by atoms with Gasteiger partial charge >= 0.3 is 0 Å². The van der Waals surface area contributed by atoms with E-state index in [4.69, 9.17) is 0 Å². The zero-order chi connectivity index (χ0) is 12.5. The third kappa shape index (κ3) is 2.54. The standard InChI is InChI=1S/C17H16N.BrH/c1-13-7-6-10-17-12-16(11-14(2)18(13)17)15-8-4-3-5-9-15;/h3-12H,1-2H3;1H/q+1;/p-1. The number of fused-ring (bicyclic) bond motifs is 1. The van der Waals surface area contributed by atoms with Gasteiger partial charge in [0, 0.05) is 38.1 Å². The molecule has 0 aliphatic carbocycles. The molecule has 0 saturated carbocycles. The van der Waals surface area contributed by atoms with Gasteiger partial charge in [0.25, 0.3) is 0 Å². The minimum absolute atomic E-state index is 0. The molecule has 2 aromatic heterocycles. The van der Waals surface area contributed by atoms with E-state index in [0.717, 1.165) is 0 Å². The van der Waals surface area contributed by atoms with Gasteiger partial charge in [-0.1, -0.05) is 30.3 Å². The summed E-state index contributed by atoms with van der Waals surface area (Å²) in [7, 11) is 0. The van der Waals surface area contributed by atoms with E-state index in [2.05, 4.69) is 78.9 Å². The molecule has 0 saturated heterocycles. The predicted molar refractivity (Wildman–Crippen MR) is 74.5 cm³/mol. The van der Waals surface area contributed by atoms with Crippen LogP contribution in [0.2, 0.25) is 0 Å². The van der Waals surface area contributed by atoms with Crippen LogP contribution < -0.4 is 21.4 Å². The summed E-state index contributed by atoms with van der Waals surface area (Å²) in [5, 5.41) is 0. The summed E-state index contributed by atoms with van der Waals surface area (Å²) in [6.45, 7) is 4.30. The molecule has 3 aromatic rings. The summed E-state index contributed by atoms with van der Waals surface area (Å²) < 4.78 is 2.28. The van der Waals surface area contributed by atoms with E-state index in [-0.39, 0.29) is 17.0 Å². The Bertz CT molecular complexity index is 705. The van der Waals surface area contributed by atoms with Crippen LogP contribution in [0.4, 0.5) is 0 Å². The van der Waals surface area contributed by atoms with Crippen molar-refractivity contribution in [2.45, 2.75) is 13.8 Å². The van der Waals surface area contributed by atoms with Crippen molar-refractivity contribution >= 4 is 5.52 Å². The van der Waals surface area contributed by atoms with Crippen LogP contribution in [-0.2, 0) is 0 Å². The van der Waals surface area contributed by atoms with Gasteiger partial charge in [-0.15, -0.1) is 0 Å². The molecule has 2 heteroatoms. The lowest BCUT2D eigenvalue weighted by atomic mass is 10.0. The van der Waals surface area contributed by atoms with Crippen LogP contribution >= 0.6 is 0 Å². The van der Waals surface area contributed by atoms with E-state index in [1.807, 2.05) is 0 Å². The highest BCUT2D eigenvalue weighted by Gasteiger charge is 2.11. The molecule has 1 aromatic carbocycles. The Morgan fingerprint density at radius 1 is 0.684 bits per heavy atom. The Kier molecular flexibility index (Phi) is 4.01. The molecule has 3 rings (SSSR count). The molecule has 0 radical (unpaired) electrons. The molecular formula is C17H16BrN. The summed E-state index contributed by atoms with van der Waals surface area (Å²) in [6, 6.07) is 21.4. The Labute approximate surface area is 124 Å². The fraction of sp³-hybridized carbons (Fsp3) is 0.118. The molecule has 19 heavy (non-hydrogen) atoms. The molecule has 0 bridgehead atoms. The number of benzene rings is 1. The summed E-state index contributed by atoms with van der Waals surface area (Å²) in [6.07, 6.45) is 0. The Morgan fingerprint density at radius 2 is 1.42 bits per heavy atom. The minimum atomic E-state index is 0. The molecule has 0 aliphatic heterocycles. The largest absolute Gasteiger partial charge is 1.00 e. The fourth-order valence-corrected chi connectivity index (χ4v) is 2.52. The topological polar surface area (TPSA) is 4.10 Å². The molecular weight excluding hydrogens is 298 g/mol. The van der Waals surface area contributed by atoms with Gasteiger partial charge in [0.05, 0.1) is 0 Å². The number of hydrogen-bond acceptors (Lipinski definition) is 0. The van der Waals surface area contributed by atoms with E-state index < -0.39 is 0 Å². The lowest BCUT2D eigenvalue weighted by molar-refractivity contribution is -0.527. The molecule has 0 fully saturated rings. The molecule has 96 valence electrons. The summed E-state index contributed by atoms with van der Waals surface area (Å²) in [5.74, 6) is 0. The molecule has 0 amide bonds. The molecule has 0 spiro atoms. The maximum Gasteiger partial charge on any atom is 0.211 e. The van der Waals surface area contributed by atoms with Gasteiger partial charge in [-0.2, -0.15) is 4.40 Å². The molecule has 2 heterocycles. The van der Waals surface area contributed by atoms with Crippen LogP contribution in [0, 0.1) is 13.8 Å². The van der Waals surface area contributed by atoms with Crippen LogP contribution in [0.15, 0.2) is 60.7 Å². The summed E-state index contributed by atoms with van der Waals surface area (Å²) in [4.78, 5) is 0. The second-order valence-corrected chi connectivity index (χ2v) is 4.68. The van der Waals surface area contributed by atoms with Crippen molar-refractivity contribution in [3.8, 4) is 11.1 Å². The third-order valence-corrected chi connectivity index (χ3v) is 3.34. The Balaban J connectivity index is 0.00000133. The van der Waals surface area contributed by atoms with Crippen molar-refractivity contribution in [2.75, 3.05) is 0 Å². The van der Waals surface area contributed by atoms with Gasteiger partial charge in [0.2, 0.25) is 5.52 Å². The highest BCUT2D eigenvalue weighted by atomic mass is 79.9. The van der Waals surface area contributed by atoms with Crippen molar-refractivity contribution in [3.05, 3.63) is 72.1 Å². The zero-order valence-electron chi connectivity index (χ0n) is 11.1. The summed E-state index contributed by atoms with van der Waals surface area (Å²) >= 11 is 0. The van der Waals surface area contributed by atoms with Crippen LogP contribution in [0.1, 0.15) is 11.4 Å². The number of hydrogen-bond donors (Lipinski definition) is 0. The van der Waals surface area contributed by atoms with Gasteiger partial charge in [-0.3, -0.25) is 0 Å². The van der Waals surface area contributed by atoms with Crippen molar-refractivity contribution < 1.29 is 21.4 Å². The second-order valence-electron chi connectivity index (χ2n) is 4.68. The van der Waals surface area contributed by atoms with Crippen LogP contribution in [0.3, 0.4) is 0 Å². The fourth-order valence-electron chi connectivity index (χ4n) is 2.52. The lowest BCUT2D eigenvalue weighted by Gasteiger charge is -2.04. The smallest absolute Gasteiger partial charge is 0.211 e. The monoisotopic (exact) mass is 313 g/mol. The van der Waals surface area contributed by atoms with Gasteiger partial charge in [-0.05, 0) is 17.2 Å². The van der Waals surface area contributed by atoms with Crippen LogP contribution in [0.5, 0.6) is 0 Å². The quantitative estimate of drug-likeness (QED) is 0.583. The molecule has 0 aliphatic rings. The zero-order valence-corrected chi connectivity index (χ0v) is 12.7. The molecule has 0 N–H and O–H groups in total. The van der Waals surface area contributed by atoms with Crippen LogP contribution in [0.25, 0.3) is 16.6 Å². The molecule has 0 unspecified atom stereocenters. The third-order valence-electron chi connectivity index (χ3n) is 3.34. The van der Waals surface area contributed by atoms with Crippen LogP contribution in [-0.4, -0.2) is 0 Å². The predicted octanol–water partition coefficient (Wildman–Crippen LogP) is 0.713. The maximum atomic E-state index is 2.28. The SMILES string of the molecule is Cc1cccc2cc(-c3ccccc3)cc(C)[n+]12.[Br-]. The van der Waals surface area contributed by atoms with Crippen molar-refractivity contribution in [1.82, 2.24) is 0 Å². The van der Waals surface area contributed by atoms with E-state index in [1.165, 1.54) is 28.0 Å². The average molecular weight is 314 g/mol. The number of rotatable bonds is 1. The first-order valence-electron chi connectivity index (χ1n) is 6.23. The van der Waals surface area contributed by atoms with E-state index in [0.29, 0.717) is 0 Å². The van der Waals surface area contributed by atoms with Crippen molar-refractivity contribution in [3.63, 3.8) is 0 Å². The summed E-state index contributed by atoms with van der Waals surface area (Å²) in [5.41, 5.74) is 6.33. The number of halogens is 1. The lowest BCUT2D eigenvalue weighted by Crippen LogP contribution is -3.00. The maximum absolute atomic E-state index is 2.28. The van der Waals surface area contributed by atoms with Gasteiger partial charge in [0.15, 0.2) is 11.4 Å². The number of aromatic nitrogens is 1. The van der Waals surface area contributed by atoms with Crippen molar-refractivity contribution in [1.29, 1.82) is 0 Å². The minimum Gasteiger partial charge on any atom is -1.00 e. The average Bonchev–Trinajstić information content (AvgIpc) is 2.39. The highest BCUT2D eigenvalue weighted by Crippen LogP contribution is 2.20. The van der Waals surface area contributed by atoms with Gasteiger partial charge in [0.1, 0.15) is 0 Å². The van der Waals surface area contributed by atoms with E-state index >= 15 is 0 Å². The van der Waals surface area contributed by atoms with Crippen molar-refractivity contribution in [2.24, 2.45) is 0 Å². The Morgan fingerprint density at radius 3 is 2.16 bits per heavy atom. The van der Waals surface area contributed by atoms with Gasteiger partial charge in [-0.25, -0.2) is 0 Å². The van der Waals surface area contributed by atoms with E-state index in [1.54, 1.807) is 0 Å². The van der Waals surface area contributed by atoms with E-state index in [9.17, 15) is 0 Å². The van der Waals surface area contributed by atoms with Gasteiger partial charge < -0.3 is 17.0 Å². The first-order valence-corrected chi connectivity index (χ1v) is 6.23. The number of aryl methyl sites for hydroxylation is 2. The highest BCUT2D eigenvalue weighted by molar-refractivity contribution is 5.67. The molecule has 0 atom stereocenters. The molecule has 1 nitrogen and oxygen atoms in total. The Hall–Kier alpha value is -1.67. The first-order chi connectivity index (χ1) is 8.75. The second kappa shape index (κ2) is 5.54. The number of nitrogens with zero attached hydrogens (tertiary/aromatic N) is 1. The number of pyridine rings is 2. The normalized spacial score (nSPS) is 10.2. The first kappa shape index (κ1) is 13.8.